The molecule has 2 N–H and O–H groups in total. The van der Waals surface area contributed by atoms with E-state index in [0.29, 0.717) is 0 Å². The highest BCUT2D eigenvalue weighted by atomic mass is 16.3. The van der Waals surface area contributed by atoms with Crippen LogP contribution in [0.4, 0.5) is 0 Å². The molecule has 3 nitrogen and oxygen atoms in total. The fourth-order valence-electron chi connectivity index (χ4n) is 1.72. The number of nitrogens with one attached hydrogen (secondary N) is 1. The van der Waals surface area contributed by atoms with Crippen molar-refractivity contribution in [3.05, 3.63) is 0 Å². The number of hydrogen-bond acceptors (Lipinski definition) is 2. The summed E-state index contributed by atoms with van der Waals surface area (Å²) in [6.45, 7) is 4.04. The van der Waals surface area contributed by atoms with Gasteiger partial charge in [-0.2, -0.15) is 0 Å². The van der Waals surface area contributed by atoms with Gasteiger partial charge in [0.15, 0.2) is 0 Å². The summed E-state index contributed by atoms with van der Waals surface area (Å²) in [5, 5.41) is 12.3. The number of hydrogen-bond donors (Lipinski definition) is 2. The van der Waals surface area contributed by atoms with Gasteiger partial charge < -0.3 is 10.4 Å². The van der Waals surface area contributed by atoms with Crippen LogP contribution in [-0.4, -0.2) is 23.2 Å². The molecule has 1 fully saturated rings. The maximum atomic E-state index is 11.7. The molecule has 3 heteroatoms. The Balaban J connectivity index is 2.49. The second-order valence-electron chi connectivity index (χ2n) is 4.26. The van der Waals surface area contributed by atoms with E-state index in [-0.39, 0.29) is 24.0 Å². The largest absolute Gasteiger partial charge is 0.394 e. The molecule has 1 aliphatic rings. The zero-order valence-electron chi connectivity index (χ0n) is 9.18. The first-order valence-electron chi connectivity index (χ1n) is 5.60. The monoisotopic (exact) mass is 199 g/mol. The van der Waals surface area contributed by atoms with Crippen molar-refractivity contribution in [1.29, 1.82) is 0 Å². The topological polar surface area (TPSA) is 49.3 Å². The Morgan fingerprint density at radius 1 is 1.43 bits per heavy atom. The minimum Gasteiger partial charge on any atom is -0.394 e. The first kappa shape index (κ1) is 11.5. The Morgan fingerprint density at radius 2 is 2.00 bits per heavy atom. The molecule has 0 bridgehead atoms. The Kier molecular flexibility index (Phi) is 3.93. The number of aliphatic hydroxyl groups excluding tert-OH is 1. The van der Waals surface area contributed by atoms with Gasteiger partial charge in [0.2, 0.25) is 5.91 Å². The summed E-state index contributed by atoms with van der Waals surface area (Å²) in [6.07, 6.45) is 4.78. The molecular weight excluding hydrogens is 178 g/mol. The molecule has 0 aromatic heterocycles. The van der Waals surface area contributed by atoms with Gasteiger partial charge in [0.05, 0.1) is 12.1 Å². The van der Waals surface area contributed by atoms with Crippen LogP contribution in [0, 0.1) is 5.92 Å². The van der Waals surface area contributed by atoms with Gasteiger partial charge in [-0.05, 0) is 25.7 Å². The molecule has 0 heterocycles. The van der Waals surface area contributed by atoms with Crippen molar-refractivity contribution in [2.45, 2.75) is 51.5 Å². The molecule has 1 saturated carbocycles. The predicted molar refractivity (Wildman–Crippen MR) is 55.9 cm³/mol. The normalized spacial score (nSPS) is 17.6. The van der Waals surface area contributed by atoms with Crippen molar-refractivity contribution < 1.29 is 9.90 Å². The lowest BCUT2D eigenvalue weighted by Crippen LogP contribution is -2.53. The number of rotatable bonds is 5. The zero-order valence-corrected chi connectivity index (χ0v) is 9.18. The van der Waals surface area contributed by atoms with Gasteiger partial charge in [-0.1, -0.05) is 20.3 Å². The van der Waals surface area contributed by atoms with Crippen LogP contribution in [0.1, 0.15) is 46.0 Å². The van der Waals surface area contributed by atoms with E-state index in [2.05, 4.69) is 5.32 Å². The van der Waals surface area contributed by atoms with E-state index in [1.165, 1.54) is 6.42 Å². The van der Waals surface area contributed by atoms with E-state index in [9.17, 15) is 9.90 Å². The summed E-state index contributed by atoms with van der Waals surface area (Å²) >= 11 is 0. The van der Waals surface area contributed by atoms with Gasteiger partial charge in [-0.25, -0.2) is 0 Å². The fraction of sp³-hybridized carbons (Fsp3) is 0.909. The predicted octanol–water partition coefficient (Wildman–Crippen LogP) is 1.45. The van der Waals surface area contributed by atoms with Gasteiger partial charge in [0, 0.05) is 5.92 Å². The minimum absolute atomic E-state index is 0.0401. The molecule has 1 aliphatic carbocycles. The minimum atomic E-state index is -0.382. The van der Waals surface area contributed by atoms with Crippen molar-refractivity contribution in [2.75, 3.05) is 6.61 Å². The molecule has 82 valence electrons. The molecule has 0 spiro atoms. The van der Waals surface area contributed by atoms with Gasteiger partial charge in [-0.15, -0.1) is 0 Å². The molecule has 1 rings (SSSR count). The van der Waals surface area contributed by atoms with Crippen LogP contribution in [0.2, 0.25) is 0 Å². The van der Waals surface area contributed by atoms with E-state index in [1.54, 1.807) is 0 Å². The average molecular weight is 199 g/mol. The lowest BCUT2D eigenvalue weighted by Gasteiger charge is -2.34. The second-order valence-corrected chi connectivity index (χ2v) is 4.26. The highest BCUT2D eigenvalue weighted by molar-refractivity contribution is 5.80. The molecule has 0 aromatic rings. The molecule has 0 radical (unpaired) electrons. The molecule has 0 aliphatic heterocycles. The summed E-state index contributed by atoms with van der Waals surface area (Å²) in [4.78, 5) is 11.7. The van der Waals surface area contributed by atoms with Gasteiger partial charge in [0.1, 0.15) is 0 Å². The van der Waals surface area contributed by atoms with Crippen LogP contribution in [0.5, 0.6) is 0 Å². The SMILES string of the molecule is CCC(CC)(CO)NC(=O)C1CCC1. The van der Waals surface area contributed by atoms with Gasteiger partial charge in [0.25, 0.3) is 0 Å². The first-order valence-corrected chi connectivity index (χ1v) is 5.60. The Labute approximate surface area is 85.9 Å². The second kappa shape index (κ2) is 4.78. The Morgan fingerprint density at radius 3 is 2.29 bits per heavy atom. The highest BCUT2D eigenvalue weighted by Crippen LogP contribution is 2.27. The Hall–Kier alpha value is -0.570. The summed E-state index contributed by atoms with van der Waals surface area (Å²) in [7, 11) is 0. The fourth-order valence-corrected chi connectivity index (χ4v) is 1.72. The van der Waals surface area contributed by atoms with Crippen LogP contribution in [0.25, 0.3) is 0 Å². The molecule has 1 amide bonds. The van der Waals surface area contributed by atoms with E-state index in [1.807, 2.05) is 13.8 Å². The Bertz CT molecular complexity index is 187. The third-order valence-electron chi connectivity index (χ3n) is 3.52. The van der Waals surface area contributed by atoms with E-state index >= 15 is 0 Å². The van der Waals surface area contributed by atoms with Crippen LogP contribution >= 0.6 is 0 Å². The van der Waals surface area contributed by atoms with Crippen molar-refractivity contribution in [2.24, 2.45) is 5.92 Å². The highest BCUT2D eigenvalue weighted by Gasteiger charge is 2.32. The maximum absolute atomic E-state index is 11.7. The summed E-state index contributed by atoms with van der Waals surface area (Å²) in [5.41, 5.74) is -0.382. The molecule has 0 aromatic carbocycles. The summed E-state index contributed by atoms with van der Waals surface area (Å²) in [5.74, 6) is 0.341. The molecule has 0 atom stereocenters. The summed E-state index contributed by atoms with van der Waals surface area (Å²) in [6, 6.07) is 0. The zero-order chi connectivity index (χ0) is 10.6. The van der Waals surface area contributed by atoms with Crippen molar-refractivity contribution >= 4 is 5.91 Å². The smallest absolute Gasteiger partial charge is 0.223 e. The van der Waals surface area contributed by atoms with Crippen molar-refractivity contribution in [3.63, 3.8) is 0 Å². The standard InChI is InChI=1S/C11H21NO2/c1-3-11(4-2,8-13)12-10(14)9-6-5-7-9/h9,13H,3-8H2,1-2H3,(H,12,14). The third kappa shape index (κ3) is 2.27. The quantitative estimate of drug-likeness (QED) is 0.704. The first-order chi connectivity index (χ1) is 6.67. The lowest BCUT2D eigenvalue weighted by atomic mass is 9.83. The maximum Gasteiger partial charge on any atom is 0.223 e. The van der Waals surface area contributed by atoms with E-state index in [0.717, 1.165) is 25.7 Å². The van der Waals surface area contributed by atoms with Gasteiger partial charge in [-0.3, -0.25) is 4.79 Å². The van der Waals surface area contributed by atoms with Crippen molar-refractivity contribution in [1.82, 2.24) is 5.32 Å². The number of carbonyl (C=O) groups is 1. The van der Waals surface area contributed by atoms with Crippen LogP contribution in [0.3, 0.4) is 0 Å². The van der Waals surface area contributed by atoms with Crippen molar-refractivity contribution in [3.8, 4) is 0 Å². The molecule has 14 heavy (non-hydrogen) atoms. The molecular formula is C11H21NO2. The van der Waals surface area contributed by atoms with E-state index < -0.39 is 0 Å². The third-order valence-corrected chi connectivity index (χ3v) is 3.52. The summed E-state index contributed by atoms with van der Waals surface area (Å²) < 4.78 is 0. The van der Waals surface area contributed by atoms with Crippen LogP contribution < -0.4 is 5.32 Å². The number of carbonyl (C=O) groups excluding carboxylic acids is 1. The number of amides is 1. The lowest BCUT2D eigenvalue weighted by molar-refractivity contribution is -0.130. The molecule has 0 saturated heterocycles. The van der Waals surface area contributed by atoms with Gasteiger partial charge >= 0.3 is 0 Å². The van der Waals surface area contributed by atoms with E-state index in [4.69, 9.17) is 0 Å². The van der Waals surface area contributed by atoms with Crippen LogP contribution in [-0.2, 0) is 4.79 Å². The number of aliphatic hydroxyl groups is 1. The average Bonchev–Trinajstić information content (AvgIpc) is 2.11. The molecule has 0 unspecified atom stereocenters. The van der Waals surface area contributed by atoms with Crippen LogP contribution in [0.15, 0.2) is 0 Å².